The molecule has 0 fully saturated rings. The molecule has 4 heteroatoms. The number of nitrogens with zero attached hydrogens (tertiary/aromatic N) is 1. The van der Waals surface area contributed by atoms with Crippen molar-refractivity contribution in [2.75, 3.05) is 0 Å². The first-order chi connectivity index (χ1) is 17.0. The van der Waals surface area contributed by atoms with Gasteiger partial charge in [0, 0.05) is 0 Å². The first kappa shape index (κ1) is 33.4. The maximum absolute atomic E-state index is 4.99. The third-order valence-corrected chi connectivity index (χ3v) is 7.03. The van der Waals surface area contributed by atoms with Crippen LogP contribution in [0.3, 0.4) is 0 Å². The van der Waals surface area contributed by atoms with Gasteiger partial charge in [-0.15, -0.1) is 11.4 Å². The van der Waals surface area contributed by atoms with Gasteiger partial charge in [-0.25, -0.2) is 0 Å². The molecule has 38 heavy (non-hydrogen) atoms. The van der Waals surface area contributed by atoms with E-state index in [4.69, 9.17) is 5.32 Å². The topological polar surface area (TPSA) is 14.1 Å². The van der Waals surface area contributed by atoms with Crippen LogP contribution in [0, 0.1) is 34.6 Å². The summed E-state index contributed by atoms with van der Waals surface area (Å²) in [7, 11) is 0. The van der Waals surface area contributed by atoms with Crippen LogP contribution < -0.4 is 24.8 Å². The molecular weight excluding hydrogens is 541 g/mol. The number of rotatable bonds is 4. The molecular formula is C34H33Cl2NTi. The Morgan fingerprint density at radius 1 is 0.474 bits per heavy atom. The van der Waals surface area contributed by atoms with E-state index in [9.17, 15) is 0 Å². The molecule has 0 saturated heterocycles. The second-order valence-electron chi connectivity index (χ2n) is 9.00. The van der Waals surface area contributed by atoms with Gasteiger partial charge in [0.2, 0.25) is 0 Å². The van der Waals surface area contributed by atoms with Gasteiger partial charge in [0.05, 0.1) is 0 Å². The van der Waals surface area contributed by atoms with Gasteiger partial charge in [-0.1, -0.05) is 144 Å². The summed E-state index contributed by atoms with van der Waals surface area (Å²) in [5.74, 6) is 0. The maximum Gasteiger partial charge on any atom is 4.00 e. The quantitative estimate of drug-likeness (QED) is 0.225. The second-order valence-corrected chi connectivity index (χ2v) is 9.00. The summed E-state index contributed by atoms with van der Waals surface area (Å²) in [5, 5.41) is 4.99. The van der Waals surface area contributed by atoms with Crippen molar-refractivity contribution >= 4 is 11.4 Å². The minimum atomic E-state index is 0. The van der Waals surface area contributed by atoms with Crippen molar-refractivity contribution in [2.45, 2.75) is 34.6 Å². The van der Waals surface area contributed by atoms with E-state index < -0.39 is 0 Å². The molecule has 0 saturated carbocycles. The van der Waals surface area contributed by atoms with Crippen molar-refractivity contribution in [2.24, 2.45) is 0 Å². The van der Waals surface area contributed by atoms with Crippen LogP contribution in [0.25, 0.3) is 27.6 Å². The molecule has 0 aliphatic heterocycles. The Kier molecular flexibility index (Phi) is 13.8. The van der Waals surface area contributed by atoms with Gasteiger partial charge < -0.3 is 30.1 Å². The van der Waals surface area contributed by atoms with Gasteiger partial charge in [0.1, 0.15) is 0 Å². The Bertz CT molecular complexity index is 1250. The normalized spacial score (nSPS) is 9.61. The third-order valence-electron chi connectivity index (χ3n) is 7.03. The fourth-order valence-corrected chi connectivity index (χ4v) is 4.40. The van der Waals surface area contributed by atoms with Gasteiger partial charge in [-0.2, -0.15) is 27.8 Å². The summed E-state index contributed by atoms with van der Waals surface area (Å²) >= 11 is 0. The Hall–Kier alpha value is -2.68. The second kappa shape index (κ2) is 15.7. The number of hydrogen-bond acceptors (Lipinski definition) is 0. The summed E-state index contributed by atoms with van der Waals surface area (Å²) in [6.45, 7) is 11.0. The zero-order valence-corrected chi connectivity index (χ0v) is 25.7. The van der Waals surface area contributed by atoms with E-state index in [0.717, 1.165) is 22.5 Å². The molecule has 0 aliphatic carbocycles. The summed E-state index contributed by atoms with van der Waals surface area (Å²) in [6, 6.07) is 37.4. The summed E-state index contributed by atoms with van der Waals surface area (Å²) < 4.78 is 0. The zero-order valence-electron chi connectivity index (χ0n) is 22.6. The van der Waals surface area contributed by atoms with Crippen LogP contribution in [-0.4, -0.2) is 0 Å². The van der Waals surface area contributed by atoms with Crippen LogP contribution in [0.2, 0.25) is 0 Å². The molecule has 0 aliphatic rings. The van der Waals surface area contributed by atoms with Gasteiger partial charge in [0.15, 0.2) is 0 Å². The number of hydrogen-bond donors (Lipinski definition) is 0. The molecule has 5 rings (SSSR count). The maximum atomic E-state index is 4.99. The number of benzene rings is 4. The molecule has 0 amide bonds. The van der Waals surface area contributed by atoms with E-state index in [2.05, 4.69) is 120 Å². The summed E-state index contributed by atoms with van der Waals surface area (Å²) in [5.41, 5.74) is 14.0. The Labute approximate surface area is 255 Å². The van der Waals surface area contributed by atoms with E-state index in [1.807, 2.05) is 24.3 Å². The average Bonchev–Trinajstić information content (AvgIpc) is 3.08. The first-order valence-electron chi connectivity index (χ1n) is 12.2. The van der Waals surface area contributed by atoms with Crippen molar-refractivity contribution in [3.63, 3.8) is 0 Å². The molecule has 0 N–H and O–H groups in total. The molecule has 1 nitrogen and oxygen atoms in total. The molecule has 0 heterocycles. The molecule has 0 aromatic heterocycles. The standard InChI is InChI=1S/C24H18N.C10H15.2ClH.Ti/c1-3-11-19(12-4-1)21-15-7-9-17-23(21)25-24-18-10-8-16-22(24)20-13-5-2-6-14-20;1-6-7(2)9(4)10(5)8(6)3;;;/h1-18H;1-5H3;2*1H;/q2*-1;;;+4/p-2. The van der Waals surface area contributed by atoms with Crippen LogP contribution >= 0.6 is 0 Å². The molecule has 5 aromatic carbocycles. The molecule has 192 valence electrons. The SMILES string of the molecule is Cc1c(C)c(C)[c-](C)c1C.[Cl-].[Cl-].[Ti+4].c1ccc(-c2ccccc2[N-]c2ccccc2-c2ccccc2)cc1. The molecule has 0 radical (unpaired) electrons. The fraction of sp³-hybridized carbons (Fsp3) is 0.147. The molecule has 0 bridgehead atoms. The van der Waals surface area contributed by atoms with Crippen LogP contribution in [0.4, 0.5) is 11.4 Å². The smallest absolute Gasteiger partial charge is 1.00 e. The van der Waals surface area contributed by atoms with E-state index in [0.29, 0.717) is 0 Å². The predicted molar refractivity (Wildman–Crippen MR) is 152 cm³/mol. The minimum Gasteiger partial charge on any atom is -1.00 e. The van der Waals surface area contributed by atoms with Gasteiger partial charge in [-0.3, -0.25) is 0 Å². The van der Waals surface area contributed by atoms with E-state index >= 15 is 0 Å². The van der Waals surface area contributed by atoms with E-state index in [1.54, 1.807) is 0 Å². The fourth-order valence-electron chi connectivity index (χ4n) is 4.40. The Morgan fingerprint density at radius 3 is 1.11 bits per heavy atom. The van der Waals surface area contributed by atoms with E-state index in [1.165, 1.54) is 38.9 Å². The van der Waals surface area contributed by atoms with Crippen LogP contribution in [-0.2, 0) is 21.7 Å². The molecule has 0 atom stereocenters. The van der Waals surface area contributed by atoms with Crippen molar-refractivity contribution in [3.05, 3.63) is 142 Å². The predicted octanol–water partition coefficient (Wildman–Crippen LogP) is 4.31. The Morgan fingerprint density at radius 2 is 0.789 bits per heavy atom. The Balaban J connectivity index is 0.000000477. The van der Waals surface area contributed by atoms with Crippen LogP contribution in [0.1, 0.15) is 27.8 Å². The van der Waals surface area contributed by atoms with Crippen LogP contribution in [0.5, 0.6) is 0 Å². The monoisotopic (exact) mass is 573 g/mol. The summed E-state index contributed by atoms with van der Waals surface area (Å²) in [4.78, 5) is 0. The van der Waals surface area contributed by atoms with Gasteiger partial charge in [0.25, 0.3) is 0 Å². The zero-order chi connectivity index (χ0) is 24.8. The summed E-state index contributed by atoms with van der Waals surface area (Å²) in [6.07, 6.45) is 0. The first-order valence-corrected chi connectivity index (χ1v) is 12.2. The van der Waals surface area contributed by atoms with Gasteiger partial charge in [-0.05, 0) is 22.3 Å². The number of para-hydroxylation sites is 2. The number of halogens is 2. The average molecular weight is 574 g/mol. The molecule has 5 aromatic rings. The molecule has 0 unspecified atom stereocenters. The minimum absolute atomic E-state index is 0. The van der Waals surface area contributed by atoms with E-state index in [-0.39, 0.29) is 46.5 Å². The largest absolute Gasteiger partial charge is 4.00 e. The van der Waals surface area contributed by atoms with Crippen molar-refractivity contribution < 1.29 is 46.5 Å². The molecule has 0 spiro atoms. The van der Waals surface area contributed by atoms with Crippen molar-refractivity contribution in [1.82, 2.24) is 0 Å². The van der Waals surface area contributed by atoms with Crippen molar-refractivity contribution in [1.29, 1.82) is 0 Å². The van der Waals surface area contributed by atoms with Crippen molar-refractivity contribution in [3.8, 4) is 22.3 Å². The third kappa shape index (κ3) is 7.68. The van der Waals surface area contributed by atoms with Crippen LogP contribution in [0.15, 0.2) is 109 Å². The van der Waals surface area contributed by atoms with Gasteiger partial charge >= 0.3 is 21.7 Å².